The van der Waals surface area contributed by atoms with Gasteiger partial charge in [0, 0.05) is 24.0 Å². The van der Waals surface area contributed by atoms with Crippen molar-refractivity contribution in [3.8, 4) is 5.88 Å². The number of aromatic nitrogens is 4. The SMILES string of the molecule is C=C1NC[C@@H](C)Oc2ncc(F)cc2[C@@]23C[C@@H]2CCN3c2ccn3ncc1c3n2. The molecule has 0 radical (unpaired) electrons. The van der Waals surface area contributed by atoms with E-state index in [0.29, 0.717) is 18.3 Å². The molecule has 29 heavy (non-hydrogen) atoms. The van der Waals surface area contributed by atoms with Crippen molar-refractivity contribution in [1.82, 2.24) is 24.9 Å². The molecule has 6 rings (SSSR count). The fourth-order valence-electron chi connectivity index (χ4n) is 4.91. The molecular weight excluding hydrogens is 371 g/mol. The first kappa shape index (κ1) is 16.8. The lowest BCUT2D eigenvalue weighted by molar-refractivity contribution is 0.209. The predicted molar refractivity (Wildman–Crippen MR) is 106 cm³/mol. The molecule has 0 amide bonds. The van der Waals surface area contributed by atoms with E-state index in [1.165, 1.54) is 6.20 Å². The number of hydrogen-bond donors (Lipinski definition) is 1. The number of fused-ring (bicyclic) bond motifs is 3. The zero-order valence-electron chi connectivity index (χ0n) is 16.1. The summed E-state index contributed by atoms with van der Waals surface area (Å²) in [7, 11) is 0. The Hall–Kier alpha value is -3.16. The highest BCUT2D eigenvalue weighted by Crippen LogP contribution is 2.64. The number of nitrogens with zero attached hydrogens (tertiary/aromatic N) is 5. The van der Waals surface area contributed by atoms with Gasteiger partial charge in [0.05, 0.1) is 30.0 Å². The van der Waals surface area contributed by atoms with E-state index >= 15 is 0 Å². The molecule has 1 spiro atoms. The first-order valence-corrected chi connectivity index (χ1v) is 9.94. The summed E-state index contributed by atoms with van der Waals surface area (Å²) in [5.41, 5.74) is 2.87. The second-order valence-corrected chi connectivity index (χ2v) is 8.17. The molecule has 7 nitrogen and oxygen atoms in total. The lowest BCUT2D eigenvalue weighted by Gasteiger charge is -2.31. The molecule has 3 atom stereocenters. The van der Waals surface area contributed by atoms with E-state index in [9.17, 15) is 4.39 Å². The van der Waals surface area contributed by atoms with Crippen molar-refractivity contribution in [3.63, 3.8) is 0 Å². The highest BCUT2D eigenvalue weighted by molar-refractivity contribution is 5.74. The minimum Gasteiger partial charge on any atom is -0.473 e. The normalized spacial score (nSPS) is 27.8. The van der Waals surface area contributed by atoms with Gasteiger partial charge in [0.15, 0.2) is 5.65 Å². The molecule has 2 aliphatic heterocycles. The van der Waals surface area contributed by atoms with Crippen molar-refractivity contribution in [1.29, 1.82) is 0 Å². The van der Waals surface area contributed by atoms with Crippen LogP contribution < -0.4 is 15.0 Å². The highest BCUT2D eigenvalue weighted by atomic mass is 19.1. The Kier molecular flexibility index (Phi) is 3.29. The van der Waals surface area contributed by atoms with Gasteiger partial charge in [-0.15, -0.1) is 0 Å². The number of pyridine rings is 1. The molecule has 5 heterocycles. The van der Waals surface area contributed by atoms with E-state index in [1.54, 1.807) is 16.8 Å². The largest absolute Gasteiger partial charge is 0.473 e. The van der Waals surface area contributed by atoms with Crippen LogP contribution >= 0.6 is 0 Å². The summed E-state index contributed by atoms with van der Waals surface area (Å²) in [4.78, 5) is 11.5. The molecule has 3 aromatic rings. The van der Waals surface area contributed by atoms with Crippen LogP contribution in [0, 0.1) is 11.7 Å². The van der Waals surface area contributed by atoms with Gasteiger partial charge in [0.1, 0.15) is 17.7 Å². The predicted octanol–water partition coefficient (Wildman–Crippen LogP) is 2.73. The van der Waals surface area contributed by atoms with Gasteiger partial charge in [0.25, 0.3) is 0 Å². The maximum atomic E-state index is 14.2. The Morgan fingerprint density at radius 3 is 3.14 bits per heavy atom. The third-order valence-corrected chi connectivity index (χ3v) is 6.41. The molecule has 1 saturated carbocycles. The summed E-state index contributed by atoms with van der Waals surface area (Å²) in [6, 6.07) is 3.56. The third kappa shape index (κ3) is 2.31. The number of rotatable bonds is 0. The molecule has 0 aromatic carbocycles. The second-order valence-electron chi connectivity index (χ2n) is 8.17. The maximum absolute atomic E-state index is 14.2. The van der Waals surface area contributed by atoms with E-state index in [2.05, 4.69) is 26.9 Å². The molecule has 0 unspecified atom stereocenters. The van der Waals surface area contributed by atoms with Crippen LogP contribution in [0.3, 0.4) is 0 Å². The van der Waals surface area contributed by atoms with Gasteiger partial charge >= 0.3 is 0 Å². The minimum atomic E-state index is -0.343. The number of halogens is 1. The molecule has 2 bridgehead atoms. The van der Waals surface area contributed by atoms with E-state index in [0.717, 1.165) is 47.7 Å². The van der Waals surface area contributed by atoms with E-state index < -0.39 is 0 Å². The average Bonchev–Trinajstić information content (AvgIpc) is 3.10. The Morgan fingerprint density at radius 1 is 1.38 bits per heavy atom. The molecular formula is C21H21FN6O. The molecule has 8 heteroatoms. The average molecular weight is 392 g/mol. The summed E-state index contributed by atoms with van der Waals surface area (Å²) < 4.78 is 22.2. The quantitative estimate of drug-likeness (QED) is 0.635. The Balaban J connectivity index is 1.58. The monoisotopic (exact) mass is 392 g/mol. The van der Waals surface area contributed by atoms with Crippen LogP contribution in [-0.2, 0) is 5.54 Å². The maximum Gasteiger partial charge on any atom is 0.219 e. The first-order valence-electron chi connectivity index (χ1n) is 9.94. The van der Waals surface area contributed by atoms with Crippen LogP contribution in [0.25, 0.3) is 11.3 Å². The van der Waals surface area contributed by atoms with Crippen LogP contribution in [0.2, 0.25) is 0 Å². The number of hydrogen-bond acceptors (Lipinski definition) is 6. The molecule has 3 aromatic heterocycles. The summed E-state index contributed by atoms with van der Waals surface area (Å²) >= 11 is 0. The van der Waals surface area contributed by atoms with Crippen molar-refractivity contribution >= 4 is 17.2 Å². The zero-order chi connectivity index (χ0) is 19.8. The van der Waals surface area contributed by atoms with Gasteiger partial charge in [-0.05, 0) is 37.8 Å². The van der Waals surface area contributed by atoms with Gasteiger partial charge in [-0.25, -0.2) is 18.9 Å². The number of anilines is 1. The van der Waals surface area contributed by atoms with Crippen molar-refractivity contribution in [2.24, 2.45) is 5.92 Å². The Bertz CT molecular complexity index is 1160. The topological polar surface area (TPSA) is 67.6 Å². The summed E-state index contributed by atoms with van der Waals surface area (Å²) in [6.45, 7) is 7.52. The smallest absolute Gasteiger partial charge is 0.219 e. The lowest BCUT2D eigenvalue weighted by Crippen LogP contribution is -2.35. The van der Waals surface area contributed by atoms with Crippen molar-refractivity contribution in [3.05, 3.63) is 54.2 Å². The van der Waals surface area contributed by atoms with Gasteiger partial charge in [0.2, 0.25) is 5.88 Å². The van der Waals surface area contributed by atoms with Crippen LogP contribution in [0.15, 0.2) is 37.3 Å². The zero-order valence-corrected chi connectivity index (χ0v) is 16.1. The number of nitrogens with one attached hydrogen (secondary N) is 1. The van der Waals surface area contributed by atoms with E-state index in [1.807, 2.05) is 19.2 Å². The van der Waals surface area contributed by atoms with Gasteiger partial charge in [-0.1, -0.05) is 6.58 Å². The van der Waals surface area contributed by atoms with Gasteiger partial charge in [-0.3, -0.25) is 0 Å². The van der Waals surface area contributed by atoms with Crippen molar-refractivity contribution < 1.29 is 9.13 Å². The Labute approximate surface area is 167 Å². The van der Waals surface area contributed by atoms with Gasteiger partial charge in [-0.2, -0.15) is 5.10 Å². The van der Waals surface area contributed by atoms with E-state index in [4.69, 9.17) is 9.72 Å². The Morgan fingerprint density at radius 2 is 2.28 bits per heavy atom. The molecule has 148 valence electrons. The molecule has 3 aliphatic rings. The van der Waals surface area contributed by atoms with Gasteiger partial charge < -0.3 is 15.0 Å². The molecule has 1 aliphatic carbocycles. The number of piperidine rings is 1. The number of ether oxygens (including phenoxy) is 1. The van der Waals surface area contributed by atoms with Crippen molar-refractivity contribution in [2.45, 2.75) is 31.4 Å². The highest BCUT2D eigenvalue weighted by Gasteiger charge is 2.65. The second kappa shape index (κ2) is 5.68. The lowest BCUT2D eigenvalue weighted by atomic mass is 10.0. The minimum absolute atomic E-state index is 0.171. The van der Waals surface area contributed by atoms with Crippen LogP contribution in [0.1, 0.15) is 30.9 Å². The van der Waals surface area contributed by atoms with E-state index in [-0.39, 0.29) is 17.5 Å². The fourth-order valence-corrected chi connectivity index (χ4v) is 4.91. The van der Waals surface area contributed by atoms with Crippen LogP contribution in [0.5, 0.6) is 5.88 Å². The standard InChI is InChI=1S/C21H21FN6O/c1-12-9-23-13(2)16-11-25-28-6-4-18(26-19(16)28)27-5-3-14-8-21(14,27)17-7-15(22)10-24-20(17)29-12/h4,6-7,10-12,14,23H,2-3,5,8-9H2,1H3/t12-,14+,21-/m1/s1. The summed E-state index contributed by atoms with van der Waals surface area (Å²) in [6.07, 6.45) is 6.74. The third-order valence-electron chi connectivity index (χ3n) is 6.41. The van der Waals surface area contributed by atoms with Crippen LogP contribution in [0.4, 0.5) is 10.2 Å². The fraction of sp³-hybridized carbons (Fsp3) is 0.381. The summed E-state index contributed by atoms with van der Waals surface area (Å²) in [5, 5.41) is 7.72. The molecule has 2 fully saturated rings. The molecule has 1 saturated heterocycles. The summed E-state index contributed by atoms with van der Waals surface area (Å²) in [5.74, 6) is 1.46. The van der Waals surface area contributed by atoms with Crippen LogP contribution in [-0.4, -0.2) is 38.8 Å². The van der Waals surface area contributed by atoms with Crippen molar-refractivity contribution in [2.75, 3.05) is 18.0 Å². The first-order chi connectivity index (χ1) is 14.1. The molecule has 1 N–H and O–H groups in total.